The highest BCUT2D eigenvalue weighted by Gasteiger charge is 2.31. The molecule has 10 nitrogen and oxygen atoms in total. The Morgan fingerprint density at radius 3 is 1.81 bits per heavy atom. The van der Waals surface area contributed by atoms with E-state index in [0.29, 0.717) is 24.3 Å². The van der Waals surface area contributed by atoms with Crippen molar-refractivity contribution < 1.29 is 29.4 Å². The van der Waals surface area contributed by atoms with E-state index in [1.54, 1.807) is 11.8 Å². The molecule has 0 spiro atoms. The van der Waals surface area contributed by atoms with Gasteiger partial charge in [-0.05, 0) is 56.1 Å². The van der Waals surface area contributed by atoms with Crippen molar-refractivity contribution in [1.82, 2.24) is 16.0 Å². The van der Waals surface area contributed by atoms with Crippen molar-refractivity contribution in [3.05, 3.63) is 0 Å². The van der Waals surface area contributed by atoms with E-state index in [1.807, 2.05) is 26.4 Å². The molecule has 0 bridgehead atoms. The summed E-state index contributed by atoms with van der Waals surface area (Å²) in [5.41, 5.74) is 5.91. The zero-order valence-electron chi connectivity index (χ0n) is 19.4. The minimum Gasteiger partial charge on any atom is -0.480 e. The fraction of sp³-hybridized carbons (Fsp3) is 0.800. The highest BCUT2D eigenvalue weighted by atomic mass is 32.2. The van der Waals surface area contributed by atoms with Gasteiger partial charge in [0.05, 0.1) is 12.1 Å². The second-order valence-electron chi connectivity index (χ2n) is 7.99. The summed E-state index contributed by atoms with van der Waals surface area (Å²) in [6.45, 7) is 5.05. The molecular formula is C20H38N4O6S2. The summed E-state index contributed by atoms with van der Waals surface area (Å²) in [4.78, 5) is 49.4. The van der Waals surface area contributed by atoms with Gasteiger partial charge in [0.1, 0.15) is 12.1 Å². The lowest BCUT2D eigenvalue weighted by molar-refractivity contribution is -0.145. The van der Waals surface area contributed by atoms with Gasteiger partial charge in [-0.2, -0.15) is 23.5 Å². The summed E-state index contributed by atoms with van der Waals surface area (Å²) in [6, 6.07) is -4.16. The molecule has 7 N–H and O–H groups in total. The molecular weight excluding hydrogens is 456 g/mol. The number of carbonyl (C=O) groups excluding carboxylic acids is 3. The minimum absolute atomic E-state index is 0.0820. The SMILES string of the molecule is CSCCC(N)C(=O)NC(CC(C)C)C(=O)NC(CCSC)C(=O)NC(C(=O)O)C(C)O. The minimum atomic E-state index is -1.50. The van der Waals surface area contributed by atoms with E-state index in [0.717, 1.165) is 0 Å². The maximum absolute atomic E-state index is 13.0. The first kappa shape index (κ1) is 30.5. The molecule has 0 radical (unpaired) electrons. The summed E-state index contributed by atoms with van der Waals surface area (Å²) < 4.78 is 0. The number of carbonyl (C=O) groups is 4. The molecule has 12 heteroatoms. The van der Waals surface area contributed by atoms with Crippen LogP contribution in [0.3, 0.4) is 0 Å². The molecule has 0 fully saturated rings. The number of rotatable bonds is 16. The number of nitrogens with two attached hydrogens (primary N) is 1. The van der Waals surface area contributed by atoms with E-state index < -0.39 is 54.0 Å². The first-order valence-electron chi connectivity index (χ1n) is 10.5. The second-order valence-corrected chi connectivity index (χ2v) is 9.96. The molecule has 0 aliphatic heterocycles. The monoisotopic (exact) mass is 494 g/mol. The van der Waals surface area contributed by atoms with Crippen LogP contribution >= 0.6 is 23.5 Å². The maximum Gasteiger partial charge on any atom is 0.328 e. The molecule has 0 aromatic rings. The molecule has 0 rings (SSSR count). The highest BCUT2D eigenvalue weighted by molar-refractivity contribution is 7.98. The summed E-state index contributed by atoms with van der Waals surface area (Å²) in [5.74, 6) is -1.76. The second kappa shape index (κ2) is 16.2. The standard InChI is InChI=1S/C20H38N4O6S2/c1-11(2)10-15(23-17(26)13(21)6-8-31-4)19(28)22-14(7-9-32-5)18(27)24-16(12(3)25)20(29)30/h11-16,25H,6-10,21H2,1-5H3,(H,22,28)(H,23,26)(H,24,27)(H,29,30). The van der Waals surface area contributed by atoms with Crippen LogP contribution in [-0.4, -0.2) is 88.2 Å². The third-order valence-electron chi connectivity index (χ3n) is 4.60. The van der Waals surface area contributed by atoms with Gasteiger partial charge in [-0.3, -0.25) is 14.4 Å². The van der Waals surface area contributed by atoms with Gasteiger partial charge in [-0.15, -0.1) is 0 Å². The number of thioether (sulfide) groups is 2. The van der Waals surface area contributed by atoms with Crippen LogP contribution in [0.15, 0.2) is 0 Å². The lowest BCUT2D eigenvalue weighted by Gasteiger charge is -2.26. The van der Waals surface area contributed by atoms with Gasteiger partial charge >= 0.3 is 5.97 Å². The van der Waals surface area contributed by atoms with Crippen molar-refractivity contribution in [3.8, 4) is 0 Å². The Morgan fingerprint density at radius 2 is 1.34 bits per heavy atom. The van der Waals surface area contributed by atoms with Crippen molar-refractivity contribution in [2.24, 2.45) is 11.7 Å². The number of aliphatic hydroxyl groups is 1. The molecule has 0 saturated heterocycles. The molecule has 0 aromatic heterocycles. The molecule has 0 aromatic carbocycles. The lowest BCUT2D eigenvalue weighted by Crippen LogP contribution is -2.58. The van der Waals surface area contributed by atoms with Crippen LogP contribution in [-0.2, 0) is 19.2 Å². The molecule has 0 heterocycles. The van der Waals surface area contributed by atoms with E-state index in [1.165, 1.54) is 18.7 Å². The van der Waals surface area contributed by atoms with Gasteiger partial charge in [0.2, 0.25) is 17.7 Å². The Balaban J connectivity index is 5.40. The Morgan fingerprint density at radius 1 is 0.844 bits per heavy atom. The molecule has 0 saturated carbocycles. The third kappa shape index (κ3) is 11.9. The molecule has 5 atom stereocenters. The average molecular weight is 495 g/mol. The Bertz CT molecular complexity index is 621. The van der Waals surface area contributed by atoms with Gasteiger partial charge in [0.25, 0.3) is 0 Å². The summed E-state index contributed by atoms with van der Waals surface area (Å²) in [6.07, 6.45) is 3.49. The molecule has 0 aliphatic carbocycles. The van der Waals surface area contributed by atoms with Crippen LogP contribution in [0.4, 0.5) is 0 Å². The molecule has 3 amide bonds. The number of aliphatic hydroxyl groups excluding tert-OH is 1. The van der Waals surface area contributed by atoms with E-state index in [9.17, 15) is 29.4 Å². The van der Waals surface area contributed by atoms with E-state index in [4.69, 9.17) is 5.73 Å². The van der Waals surface area contributed by atoms with Crippen molar-refractivity contribution in [3.63, 3.8) is 0 Å². The van der Waals surface area contributed by atoms with E-state index >= 15 is 0 Å². The summed E-state index contributed by atoms with van der Waals surface area (Å²) in [5, 5.41) is 26.4. The number of hydrogen-bond acceptors (Lipinski definition) is 8. The van der Waals surface area contributed by atoms with Crippen molar-refractivity contribution in [2.45, 2.75) is 70.3 Å². The largest absolute Gasteiger partial charge is 0.480 e. The number of amides is 3. The average Bonchev–Trinajstić information content (AvgIpc) is 2.71. The van der Waals surface area contributed by atoms with Gasteiger partial charge in [-0.25, -0.2) is 4.79 Å². The summed E-state index contributed by atoms with van der Waals surface area (Å²) in [7, 11) is 0. The normalized spacial score (nSPS) is 15.9. The third-order valence-corrected chi connectivity index (χ3v) is 5.89. The van der Waals surface area contributed by atoms with Crippen LogP contribution in [0, 0.1) is 5.92 Å². The quantitative estimate of drug-likeness (QED) is 0.170. The van der Waals surface area contributed by atoms with E-state index in [2.05, 4.69) is 16.0 Å². The first-order chi connectivity index (χ1) is 14.9. The fourth-order valence-electron chi connectivity index (χ4n) is 2.78. The maximum atomic E-state index is 13.0. The topological polar surface area (TPSA) is 171 Å². The lowest BCUT2D eigenvalue weighted by atomic mass is 10.0. The number of carboxylic acid groups (broad SMARTS) is 1. The predicted molar refractivity (Wildman–Crippen MR) is 129 cm³/mol. The molecule has 32 heavy (non-hydrogen) atoms. The van der Waals surface area contributed by atoms with Crippen LogP contribution < -0.4 is 21.7 Å². The number of nitrogens with one attached hydrogen (secondary N) is 3. The number of hydrogen-bond donors (Lipinski definition) is 6. The number of aliphatic carboxylic acids is 1. The van der Waals surface area contributed by atoms with Gasteiger partial charge in [0.15, 0.2) is 6.04 Å². The van der Waals surface area contributed by atoms with Gasteiger partial charge in [-0.1, -0.05) is 13.8 Å². The van der Waals surface area contributed by atoms with Gasteiger partial charge in [0, 0.05) is 0 Å². The van der Waals surface area contributed by atoms with Crippen molar-refractivity contribution in [2.75, 3.05) is 24.0 Å². The van der Waals surface area contributed by atoms with Gasteiger partial charge < -0.3 is 31.9 Å². The van der Waals surface area contributed by atoms with Crippen LogP contribution in [0.5, 0.6) is 0 Å². The summed E-state index contributed by atoms with van der Waals surface area (Å²) >= 11 is 3.03. The smallest absolute Gasteiger partial charge is 0.328 e. The molecule has 0 aliphatic rings. The Labute approximate surface area is 198 Å². The zero-order valence-corrected chi connectivity index (χ0v) is 21.1. The van der Waals surface area contributed by atoms with Crippen molar-refractivity contribution >= 4 is 47.2 Å². The van der Waals surface area contributed by atoms with Crippen LogP contribution in [0.2, 0.25) is 0 Å². The fourth-order valence-corrected chi connectivity index (χ4v) is 3.74. The first-order valence-corrected chi connectivity index (χ1v) is 13.3. The highest BCUT2D eigenvalue weighted by Crippen LogP contribution is 2.09. The molecule has 186 valence electrons. The van der Waals surface area contributed by atoms with E-state index in [-0.39, 0.29) is 12.3 Å². The Kier molecular flexibility index (Phi) is 15.4. The predicted octanol–water partition coefficient (Wildman–Crippen LogP) is -0.214. The van der Waals surface area contributed by atoms with Crippen LogP contribution in [0.1, 0.15) is 40.0 Å². The Hall–Kier alpha value is -1.50. The van der Waals surface area contributed by atoms with Crippen molar-refractivity contribution in [1.29, 1.82) is 0 Å². The molecule has 5 unspecified atom stereocenters. The number of carboxylic acids is 1. The van der Waals surface area contributed by atoms with Crippen LogP contribution in [0.25, 0.3) is 0 Å². The zero-order chi connectivity index (χ0) is 24.8.